The van der Waals surface area contributed by atoms with E-state index in [9.17, 15) is 38.5 Å². The second kappa shape index (κ2) is 8.73. The fraction of sp³-hybridized carbons (Fsp3) is 0.600. The molecule has 3 heterocycles. The van der Waals surface area contributed by atoms with Crippen molar-refractivity contribution < 1.29 is 61.8 Å². The zero-order chi connectivity index (χ0) is 24.1. The lowest BCUT2D eigenvalue weighted by Crippen LogP contribution is -2.49. The maximum atomic E-state index is 11.8. The van der Waals surface area contributed by atoms with Gasteiger partial charge in [0, 0.05) is 0 Å². The van der Waals surface area contributed by atoms with E-state index in [1.165, 1.54) is 0 Å². The molecule has 22 heteroatoms. The summed E-state index contributed by atoms with van der Waals surface area (Å²) in [6.45, 7) is -0.984. The molecule has 0 radical (unpaired) electrons. The Bertz CT molecular complexity index is 1030. The van der Waals surface area contributed by atoms with Gasteiger partial charge in [0.05, 0.1) is 12.9 Å². The summed E-state index contributed by atoms with van der Waals surface area (Å²) in [6, 6.07) is -1.14. The predicted molar refractivity (Wildman–Crippen MR) is 101 cm³/mol. The average molecular weight is 522 g/mol. The van der Waals surface area contributed by atoms with Crippen LogP contribution in [0.1, 0.15) is 0 Å². The quantitative estimate of drug-likeness (QED) is 0.142. The topological polar surface area (TPSA) is 296 Å². The van der Waals surface area contributed by atoms with Crippen molar-refractivity contribution in [2.24, 2.45) is 20.7 Å². The number of aliphatic imine (C=N–C) groups is 3. The number of amidine groups is 1. The number of phosphoric ester groups is 1. The van der Waals surface area contributed by atoms with E-state index in [2.05, 4.69) is 23.8 Å². The minimum Gasteiger partial charge on any atom is -0.387 e. The number of amides is 1. The van der Waals surface area contributed by atoms with Crippen molar-refractivity contribution in [3.8, 4) is 0 Å². The molecule has 32 heavy (non-hydrogen) atoms. The van der Waals surface area contributed by atoms with Crippen molar-refractivity contribution in [3.05, 3.63) is 0 Å². The van der Waals surface area contributed by atoms with Crippen LogP contribution >= 0.6 is 23.3 Å². The molecule has 180 valence electrons. The average Bonchev–Trinajstić information content (AvgIpc) is 3.12. The zero-order valence-corrected chi connectivity index (χ0v) is 18.1. The van der Waals surface area contributed by atoms with Gasteiger partial charge in [0.1, 0.15) is 18.3 Å². The first-order valence-electron chi connectivity index (χ1n) is 8.25. The van der Waals surface area contributed by atoms with Crippen LogP contribution in [0.25, 0.3) is 0 Å². The second-order valence-corrected chi connectivity index (χ2v) is 11.2. The number of aliphatic hydroxyl groups excluding tert-OH is 2. The van der Waals surface area contributed by atoms with Gasteiger partial charge in [-0.15, -0.1) is 4.86 Å². The lowest BCUT2D eigenvalue weighted by atomic mass is 10.1. The Balaban J connectivity index is 1.65. The molecule has 0 bridgehead atoms. The molecule has 1 amide bonds. The van der Waals surface area contributed by atoms with Crippen LogP contribution in [0.3, 0.4) is 0 Å². The summed E-state index contributed by atoms with van der Waals surface area (Å²) in [4.78, 5) is 60.8. The van der Waals surface area contributed by atoms with E-state index in [1.54, 1.807) is 0 Å². The highest BCUT2D eigenvalue weighted by molar-refractivity contribution is 7.70. The summed E-state index contributed by atoms with van der Waals surface area (Å²) in [5.41, 5.74) is 5.43. The van der Waals surface area contributed by atoms with Gasteiger partial charge in [-0.1, -0.05) is 0 Å². The Kier molecular flexibility index (Phi) is 6.88. The highest BCUT2D eigenvalue weighted by Gasteiger charge is 2.50. The van der Waals surface area contributed by atoms with Crippen LogP contribution in [0.2, 0.25) is 0 Å². The number of guanidine groups is 1. The monoisotopic (exact) mass is 522 g/mol. The largest absolute Gasteiger partial charge is 0.480 e. The summed E-state index contributed by atoms with van der Waals surface area (Å²) in [7, 11) is -16.2. The molecule has 3 rings (SSSR count). The molecule has 1 saturated heterocycles. The van der Waals surface area contributed by atoms with Gasteiger partial charge in [0.15, 0.2) is 18.1 Å². The first-order valence-corrected chi connectivity index (χ1v) is 12.9. The van der Waals surface area contributed by atoms with Crippen molar-refractivity contribution in [2.45, 2.75) is 30.6 Å². The van der Waals surface area contributed by atoms with Crippen LogP contribution in [0.4, 0.5) is 0 Å². The summed E-state index contributed by atoms with van der Waals surface area (Å²) in [5.74, 6) is -1.16. The maximum Gasteiger partial charge on any atom is 0.480 e. The number of ether oxygens (including phenoxy) is 1. The number of hydrogen-bond acceptors (Lipinski definition) is 13. The highest BCUT2D eigenvalue weighted by atomic mass is 31.3. The Hall–Kier alpha value is -1.43. The molecule has 0 spiro atoms. The van der Waals surface area contributed by atoms with Crippen LogP contribution in [-0.2, 0) is 32.1 Å². The highest BCUT2D eigenvalue weighted by Crippen LogP contribution is 2.61. The predicted octanol–water partition coefficient (Wildman–Crippen LogP) is -3.68. The Morgan fingerprint density at radius 2 is 1.81 bits per heavy atom. The molecule has 7 unspecified atom stereocenters. The van der Waals surface area contributed by atoms with Gasteiger partial charge in [-0.2, -0.15) is 14.3 Å². The van der Waals surface area contributed by atoms with Crippen LogP contribution in [0.15, 0.2) is 15.0 Å². The van der Waals surface area contributed by atoms with Crippen LogP contribution in [0.5, 0.6) is 0 Å². The van der Waals surface area contributed by atoms with Gasteiger partial charge < -0.3 is 40.3 Å². The van der Waals surface area contributed by atoms with Gasteiger partial charge in [0.25, 0.3) is 5.91 Å². The SMILES string of the molecule is NC1=NC(=O)C2N=CN(C3OC(COP(=O)(O)OP(=O)(O)NP(=O)(O)O)C(O)C3O)C2=N1. The molecule has 0 saturated carbocycles. The van der Waals surface area contributed by atoms with E-state index in [0.29, 0.717) is 0 Å². The van der Waals surface area contributed by atoms with E-state index in [4.69, 9.17) is 20.3 Å². The van der Waals surface area contributed by atoms with Crippen LogP contribution in [-0.4, -0.2) is 95.9 Å². The van der Waals surface area contributed by atoms with Gasteiger partial charge in [-0.05, 0) is 0 Å². The molecule has 9 N–H and O–H groups in total. The minimum absolute atomic E-state index is 0.0544. The maximum absolute atomic E-state index is 11.8. The van der Waals surface area contributed by atoms with Crippen molar-refractivity contribution >= 4 is 47.4 Å². The molecule has 1 fully saturated rings. The molecule has 19 nitrogen and oxygen atoms in total. The van der Waals surface area contributed by atoms with Crippen molar-refractivity contribution in [3.63, 3.8) is 0 Å². The number of nitrogens with two attached hydrogens (primary N) is 1. The Morgan fingerprint density at radius 1 is 1.16 bits per heavy atom. The van der Waals surface area contributed by atoms with Crippen LogP contribution in [0, 0.1) is 0 Å². The molecule has 0 aromatic rings. The van der Waals surface area contributed by atoms with Crippen molar-refractivity contribution in [1.82, 2.24) is 9.76 Å². The van der Waals surface area contributed by atoms with Gasteiger partial charge in [-0.25, -0.2) is 13.7 Å². The fourth-order valence-corrected chi connectivity index (χ4v) is 6.26. The van der Waals surface area contributed by atoms with Gasteiger partial charge in [0.2, 0.25) is 5.96 Å². The number of hydrogen-bond donors (Lipinski definition) is 8. The summed E-state index contributed by atoms with van der Waals surface area (Å²) in [5, 5.41) is 20.4. The number of rotatable bonds is 8. The normalized spacial score (nSPS) is 34.0. The first kappa shape index (κ1) is 25.2. The van der Waals surface area contributed by atoms with Crippen molar-refractivity contribution in [2.75, 3.05) is 6.61 Å². The molecule has 0 aromatic carbocycles. The van der Waals surface area contributed by atoms with Crippen molar-refractivity contribution in [1.29, 1.82) is 0 Å². The number of fused-ring (bicyclic) bond motifs is 1. The molecular weight excluding hydrogens is 505 g/mol. The third kappa shape index (κ3) is 5.73. The molecular formula is C10H17N6O13P3. The molecule has 0 aromatic heterocycles. The molecule has 7 atom stereocenters. The summed E-state index contributed by atoms with van der Waals surface area (Å²) in [6.07, 6.45) is -5.23. The molecule has 0 aliphatic carbocycles. The Morgan fingerprint density at radius 3 is 2.44 bits per heavy atom. The standard InChI is InChI=1S/C10H17N6O13P3/c11-10-13-7-4(8(19)14-10)12-2-16(7)9-6(18)5(17)3(28-9)1-27-32(25,26)29-31(23,24)15-30(20,21)22/h2-6,9,17-18H,1H2,(H,25,26)(H2,11,14,19)(H4,15,20,21,22,23,24). The van der Waals surface area contributed by atoms with Gasteiger partial charge >= 0.3 is 23.3 Å². The fourth-order valence-electron chi connectivity index (χ4n) is 2.82. The third-order valence-electron chi connectivity index (χ3n) is 4.02. The number of nitrogens with one attached hydrogen (secondary N) is 1. The van der Waals surface area contributed by atoms with E-state index in [1.807, 2.05) is 0 Å². The number of carbonyl (C=O) groups excluding carboxylic acids is 1. The number of aliphatic hydroxyl groups is 2. The number of carbonyl (C=O) groups is 1. The Labute approximate surface area is 177 Å². The van der Waals surface area contributed by atoms with E-state index in [0.717, 1.165) is 16.1 Å². The van der Waals surface area contributed by atoms with Crippen LogP contribution < -0.4 is 10.6 Å². The minimum atomic E-state index is -5.48. The number of nitrogens with zero attached hydrogens (tertiary/aromatic N) is 4. The molecule has 3 aliphatic rings. The van der Waals surface area contributed by atoms with E-state index < -0.39 is 66.4 Å². The second-order valence-electron chi connectivity index (χ2n) is 6.41. The molecule has 3 aliphatic heterocycles. The smallest absolute Gasteiger partial charge is 0.387 e. The summed E-state index contributed by atoms with van der Waals surface area (Å²) >= 11 is 0. The third-order valence-corrected chi connectivity index (χ3v) is 8.26. The summed E-state index contributed by atoms with van der Waals surface area (Å²) < 4.78 is 47.6. The number of phosphoric acid groups is 1. The van der Waals surface area contributed by atoms with E-state index in [-0.39, 0.29) is 11.8 Å². The van der Waals surface area contributed by atoms with E-state index >= 15 is 0 Å². The lowest BCUT2D eigenvalue weighted by molar-refractivity contribution is -0.117. The first-order chi connectivity index (χ1) is 14.6. The lowest BCUT2D eigenvalue weighted by Gasteiger charge is -2.27. The zero-order valence-electron chi connectivity index (χ0n) is 15.4. The van der Waals surface area contributed by atoms with Gasteiger partial charge in [-0.3, -0.25) is 19.2 Å².